The van der Waals surface area contributed by atoms with Crippen LogP contribution < -0.4 is 11.1 Å². The molecule has 4 nitrogen and oxygen atoms in total. The maximum absolute atomic E-state index is 5.96. The Hall–Kier alpha value is -0.870. The van der Waals surface area contributed by atoms with Crippen molar-refractivity contribution in [3.63, 3.8) is 0 Å². The average Bonchev–Trinajstić information content (AvgIpc) is 2.60. The summed E-state index contributed by atoms with van der Waals surface area (Å²) in [5.74, 6) is 0.389. The summed E-state index contributed by atoms with van der Waals surface area (Å²) >= 11 is 0. The minimum Gasteiger partial charge on any atom is -0.326 e. The highest BCUT2D eigenvalue weighted by Crippen LogP contribution is 2.20. The number of hydrogen-bond acceptors (Lipinski definition) is 3. The first-order valence-corrected chi connectivity index (χ1v) is 4.65. The van der Waals surface area contributed by atoms with Crippen LogP contribution in [0.2, 0.25) is 0 Å². The zero-order valence-electron chi connectivity index (χ0n) is 8.12. The average molecular weight is 180 g/mol. The van der Waals surface area contributed by atoms with Crippen molar-refractivity contribution < 1.29 is 0 Å². The molecule has 0 spiro atoms. The molecule has 1 aromatic heterocycles. The van der Waals surface area contributed by atoms with Gasteiger partial charge in [0.1, 0.15) is 0 Å². The molecule has 13 heavy (non-hydrogen) atoms. The zero-order valence-corrected chi connectivity index (χ0v) is 8.12. The fourth-order valence-electron chi connectivity index (χ4n) is 1.79. The third kappa shape index (κ3) is 1.47. The van der Waals surface area contributed by atoms with Gasteiger partial charge in [0, 0.05) is 37.8 Å². The Kier molecular flexibility index (Phi) is 2.09. The number of nitrogens with two attached hydrogens (primary N) is 1. The SMILES string of the molecule is Cc1cc(C2CNCC2N)nn1C. The molecule has 1 fully saturated rings. The van der Waals surface area contributed by atoms with E-state index in [1.807, 2.05) is 11.7 Å². The Labute approximate surface area is 78.1 Å². The Morgan fingerprint density at radius 1 is 1.62 bits per heavy atom. The van der Waals surface area contributed by atoms with Gasteiger partial charge in [-0.3, -0.25) is 4.68 Å². The quantitative estimate of drug-likeness (QED) is 0.626. The summed E-state index contributed by atoms with van der Waals surface area (Å²) in [4.78, 5) is 0. The normalized spacial score (nSPS) is 28.2. The molecule has 72 valence electrons. The second-order valence-electron chi connectivity index (χ2n) is 3.76. The first-order valence-electron chi connectivity index (χ1n) is 4.65. The molecule has 0 radical (unpaired) electrons. The molecule has 0 amide bonds. The molecule has 2 unspecified atom stereocenters. The van der Waals surface area contributed by atoms with Crippen LogP contribution in [0.25, 0.3) is 0 Å². The van der Waals surface area contributed by atoms with Gasteiger partial charge in [0.15, 0.2) is 0 Å². The number of nitrogens with one attached hydrogen (secondary N) is 1. The molecule has 1 aliphatic rings. The highest BCUT2D eigenvalue weighted by Gasteiger charge is 2.27. The van der Waals surface area contributed by atoms with Crippen LogP contribution in [0, 0.1) is 6.92 Å². The summed E-state index contributed by atoms with van der Waals surface area (Å²) in [6, 6.07) is 2.34. The van der Waals surface area contributed by atoms with Crippen LogP contribution in [0.4, 0.5) is 0 Å². The van der Waals surface area contributed by atoms with Crippen LogP contribution in [0.15, 0.2) is 6.07 Å². The fraction of sp³-hybridized carbons (Fsp3) is 0.667. The van der Waals surface area contributed by atoms with Gasteiger partial charge >= 0.3 is 0 Å². The lowest BCUT2D eigenvalue weighted by Crippen LogP contribution is -2.27. The summed E-state index contributed by atoms with van der Waals surface area (Å²) in [5, 5.41) is 7.71. The minimum absolute atomic E-state index is 0.217. The maximum atomic E-state index is 5.96. The van der Waals surface area contributed by atoms with Crippen molar-refractivity contribution in [3.8, 4) is 0 Å². The predicted molar refractivity (Wildman–Crippen MR) is 51.5 cm³/mol. The molecule has 2 atom stereocenters. The molecule has 4 heteroatoms. The number of nitrogens with zero attached hydrogens (tertiary/aromatic N) is 2. The van der Waals surface area contributed by atoms with E-state index in [1.165, 1.54) is 5.69 Å². The lowest BCUT2D eigenvalue weighted by Gasteiger charge is -2.10. The van der Waals surface area contributed by atoms with E-state index in [4.69, 9.17) is 5.73 Å². The van der Waals surface area contributed by atoms with E-state index in [-0.39, 0.29) is 6.04 Å². The van der Waals surface area contributed by atoms with Gasteiger partial charge in [-0.1, -0.05) is 0 Å². The molecule has 0 saturated carbocycles. The fourth-order valence-corrected chi connectivity index (χ4v) is 1.79. The van der Waals surface area contributed by atoms with Gasteiger partial charge in [0.05, 0.1) is 5.69 Å². The van der Waals surface area contributed by atoms with E-state index >= 15 is 0 Å². The van der Waals surface area contributed by atoms with E-state index < -0.39 is 0 Å². The number of rotatable bonds is 1. The smallest absolute Gasteiger partial charge is 0.0686 e. The van der Waals surface area contributed by atoms with Gasteiger partial charge < -0.3 is 11.1 Å². The second-order valence-corrected chi connectivity index (χ2v) is 3.76. The van der Waals surface area contributed by atoms with Crippen LogP contribution in [-0.2, 0) is 7.05 Å². The number of aromatic nitrogens is 2. The highest BCUT2D eigenvalue weighted by molar-refractivity contribution is 5.17. The molecular formula is C9H16N4. The highest BCUT2D eigenvalue weighted by atomic mass is 15.3. The van der Waals surface area contributed by atoms with Crippen molar-refractivity contribution in [2.75, 3.05) is 13.1 Å². The summed E-state index contributed by atoms with van der Waals surface area (Å²) in [6.45, 7) is 3.92. The van der Waals surface area contributed by atoms with Crippen molar-refractivity contribution in [2.24, 2.45) is 12.8 Å². The monoisotopic (exact) mass is 180 g/mol. The van der Waals surface area contributed by atoms with E-state index in [2.05, 4.69) is 23.4 Å². The van der Waals surface area contributed by atoms with Crippen LogP contribution in [0.1, 0.15) is 17.3 Å². The summed E-state index contributed by atoms with van der Waals surface area (Å²) in [5.41, 5.74) is 8.27. The summed E-state index contributed by atoms with van der Waals surface area (Å²) < 4.78 is 1.90. The van der Waals surface area contributed by atoms with Crippen LogP contribution in [0.5, 0.6) is 0 Å². The number of hydrogen-bond donors (Lipinski definition) is 2. The molecule has 0 bridgehead atoms. The maximum Gasteiger partial charge on any atom is 0.0686 e. The van der Waals surface area contributed by atoms with Crippen LogP contribution in [0.3, 0.4) is 0 Å². The van der Waals surface area contributed by atoms with Crippen molar-refractivity contribution in [1.29, 1.82) is 0 Å². The third-order valence-electron chi connectivity index (χ3n) is 2.77. The molecule has 2 heterocycles. The van der Waals surface area contributed by atoms with Crippen LogP contribution in [-0.4, -0.2) is 28.9 Å². The van der Waals surface area contributed by atoms with Crippen LogP contribution >= 0.6 is 0 Å². The molecular weight excluding hydrogens is 164 g/mol. The number of aryl methyl sites for hydroxylation is 2. The topological polar surface area (TPSA) is 55.9 Å². The Morgan fingerprint density at radius 3 is 2.85 bits per heavy atom. The lowest BCUT2D eigenvalue weighted by molar-refractivity contribution is 0.615. The largest absolute Gasteiger partial charge is 0.326 e. The molecule has 1 aromatic rings. The van der Waals surface area contributed by atoms with Gasteiger partial charge in [-0.25, -0.2) is 0 Å². The van der Waals surface area contributed by atoms with Crippen molar-refractivity contribution in [3.05, 3.63) is 17.5 Å². The second kappa shape index (κ2) is 3.12. The first kappa shape index (κ1) is 8.72. The predicted octanol–water partition coefficient (Wildman–Crippen LogP) is -0.257. The van der Waals surface area contributed by atoms with Gasteiger partial charge in [-0.15, -0.1) is 0 Å². The Balaban J connectivity index is 2.24. The lowest BCUT2D eigenvalue weighted by atomic mass is 10.0. The molecule has 1 saturated heterocycles. The van der Waals surface area contributed by atoms with E-state index in [0.717, 1.165) is 18.8 Å². The molecule has 1 aliphatic heterocycles. The van der Waals surface area contributed by atoms with E-state index in [9.17, 15) is 0 Å². The van der Waals surface area contributed by atoms with Crippen molar-refractivity contribution in [1.82, 2.24) is 15.1 Å². The molecule has 0 aliphatic carbocycles. The van der Waals surface area contributed by atoms with Gasteiger partial charge in [0.2, 0.25) is 0 Å². The van der Waals surface area contributed by atoms with Gasteiger partial charge in [-0.2, -0.15) is 5.10 Å². The van der Waals surface area contributed by atoms with Crippen molar-refractivity contribution >= 4 is 0 Å². The van der Waals surface area contributed by atoms with Crippen molar-refractivity contribution in [2.45, 2.75) is 18.9 Å². The third-order valence-corrected chi connectivity index (χ3v) is 2.77. The molecule has 0 aromatic carbocycles. The van der Waals surface area contributed by atoms with Gasteiger partial charge in [-0.05, 0) is 13.0 Å². The Bertz CT molecular complexity index is 285. The summed E-state index contributed by atoms with van der Waals surface area (Å²) in [7, 11) is 1.97. The zero-order chi connectivity index (χ0) is 9.42. The van der Waals surface area contributed by atoms with E-state index in [0.29, 0.717) is 5.92 Å². The Morgan fingerprint density at radius 2 is 2.38 bits per heavy atom. The summed E-state index contributed by atoms with van der Waals surface area (Å²) in [6.07, 6.45) is 0. The standard InChI is InChI=1S/C9H16N4/c1-6-3-9(12-13(6)2)7-4-11-5-8(7)10/h3,7-8,11H,4-5,10H2,1-2H3. The molecule has 2 rings (SSSR count). The van der Waals surface area contributed by atoms with E-state index in [1.54, 1.807) is 0 Å². The van der Waals surface area contributed by atoms with Gasteiger partial charge in [0.25, 0.3) is 0 Å². The minimum atomic E-state index is 0.217. The first-order chi connectivity index (χ1) is 6.18. The molecule has 3 N–H and O–H groups in total.